The lowest BCUT2D eigenvalue weighted by atomic mass is 10.0. The third kappa shape index (κ3) is 8.16. The Morgan fingerprint density at radius 2 is 1.16 bits per heavy atom. The molecule has 7 rings (SSSR count). The summed E-state index contributed by atoms with van der Waals surface area (Å²) in [6.07, 6.45) is 5.91. The first-order chi connectivity index (χ1) is 27.3. The number of carbonyl (C=O) groups is 4. The number of H-pyrrole nitrogens is 2. The predicted octanol–water partition coefficient (Wildman–Crippen LogP) is 6.78. The Hall–Kier alpha value is -5.92. The molecule has 1 spiro atoms. The Labute approximate surface area is 332 Å². The molecule has 3 fully saturated rings. The van der Waals surface area contributed by atoms with Crippen molar-refractivity contribution in [3.8, 4) is 33.6 Å². The summed E-state index contributed by atoms with van der Waals surface area (Å²) in [5.74, 6) is 0.839. The zero-order valence-electron chi connectivity index (χ0n) is 33.4. The van der Waals surface area contributed by atoms with E-state index in [4.69, 9.17) is 14.5 Å². The lowest BCUT2D eigenvalue weighted by molar-refractivity contribution is -0.136. The Kier molecular flexibility index (Phi) is 11.0. The number of rotatable bonds is 11. The van der Waals surface area contributed by atoms with Crippen molar-refractivity contribution in [3.05, 3.63) is 84.7 Å². The van der Waals surface area contributed by atoms with Gasteiger partial charge in [0.2, 0.25) is 11.8 Å². The van der Waals surface area contributed by atoms with Crippen LogP contribution in [0.4, 0.5) is 9.59 Å². The van der Waals surface area contributed by atoms with Gasteiger partial charge in [0.25, 0.3) is 0 Å². The van der Waals surface area contributed by atoms with Crippen LogP contribution in [0.3, 0.4) is 0 Å². The maximum Gasteiger partial charge on any atom is 0.407 e. The quantitative estimate of drug-likeness (QED) is 0.121. The van der Waals surface area contributed by atoms with Gasteiger partial charge in [0.15, 0.2) is 0 Å². The number of imidazole rings is 2. The van der Waals surface area contributed by atoms with Crippen molar-refractivity contribution >= 4 is 24.0 Å². The number of aromatic nitrogens is 4. The average Bonchev–Trinajstić information content (AvgIpc) is 3.68. The lowest BCUT2D eigenvalue weighted by Gasteiger charge is -2.30. The summed E-state index contributed by atoms with van der Waals surface area (Å²) in [6.45, 7) is 12.8. The highest BCUT2D eigenvalue weighted by Crippen LogP contribution is 2.58. The molecule has 1 aliphatic carbocycles. The van der Waals surface area contributed by atoms with Crippen molar-refractivity contribution in [1.29, 1.82) is 0 Å². The Balaban J connectivity index is 1.03. The van der Waals surface area contributed by atoms with Crippen LogP contribution in [0.15, 0.2) is 73.1 Å². The fraction of sp³-hybridized carbons (Fsp3) is 0.442. The number of ether oxygens (including phenoxy) is 2. The van der Waals surface area contributed by atoms with Crippen LogP contribution in [-0.2, 0) is 19.1 Å². The second-order valence-corrected chi connectivity index (χ2v) is 16.4. The molecule has 57 heavy (non-hydrogen) atoms. The topological polar surface area (TPSA) is 175 Å². The molecular weight excluding hydrogens is 725 g/mol. The summed E-state index contributed by atoms with van der Waals surface area (Å²) < 4.78 is 9.56. The molecule has 300 valence electrons. The van der Waals surface area contributed by atoms with E-state index in [2.05, 4.69) is 68.6 Å². The standard InChI is InChI=1S/C43H52N8O6/c1-24(2)35(48-41(54)56-6)39(52)50-22-26(5)18-33(50)37-44-20-31(46-37)29-12-8-27(9-13-29)28-10-14-30(15-11-28)32-21-45-38(47-32)34-19-43(16-17-43)23-51(34)40(53)36(25(3)4)49-42(55)57-7/h8-15,20-21,24-25,33-36H,5,16-19,22-23H2,1-4,6-7H3,(H,44,46)(H,45,47)(H,48,54)(H,49,55)/t33-,34-,35-,36-/m0/s1. The number of nitrogens with zero attached hydrogens (tertiary/aromatic N) is 4. The van der Waals surface area contributed by atoms with Crippen molar-refractivity contribution in [2.75, 3.05) is 27.3 Å². The first-order valence-electron chi connectivity index (χ1n) is 19.6. The van der Waals surface area contributed by atoms with Gasteiger partial charge in [-0.3, -0.25) is 9.59 Å². The Morgan fingerprint density at radius 1 is 0.719 bits per heavy atom. The Morgan fingerprint density at radius 3 is 1.60 bits per heavy atom. The highest BCUT2D eigenvalue weighted by atomic mass is 16.5. The van der Waals surface area contributed by atoms with Gasteiger partial charge < -0.3 is 39.9 Å². The van der Waals surface area contributed by atoms with Gasteiger partial charge in [-0.15, -0.1) is 0 Å². The monoisotopic (exact) mass is 776 g/mol. The van der Waals surface area contributed by atoms with Crippen molar-refractivity contribution in [2.24, 2.45) is 17.3 Å². The van der Waals surface area contributed by atoms with Gasteiger partial charge in [0.05, 0.1) is 50.1 Å². The molecule has 1 saturated carbocycles. The number of nitrogens with one attached hydrogen (secondary N) is 4. The van der Waals surface area contributed by atoms with Crippen LogP contribution in [-0.4, -0.2) is 93.1 Å². The molecule has 14 heteroatoms. The third-order valence-electron chi connectivity index (χ3n) is 11.6. The molecule has 2 aromatic heterocycles. The van der Waals surface area contributed by atoms with Crippen molar-refractivity contribution in [3.63, 3.8) is 0 Å². The highest BCUT2D eigenvalue weighted by Gasteiger charge is 2.55. The zero-order chi connectivity index (χ0) is 40.6. The van der Waals surface area contributed by atoms with Gasteiger partial charge in [0.1, 0.15) is 23.7 Å². The molecule has 4 amide bonds. The van der Waals surface area contributed by atoms with Gasteiger partial charge in [0, 0.05) is 13.1 Å². The highest BCUT2D eigenvalue weighted by molar-refractivity contribution is 5.87. The van der Waals surface area contributed by atoms with Crippen LogP contribution < -0.4 is 10.6 Å². The molecule has 4 atom stereocenters. The minimum absolute atomic E-state index is 0.107. The Bertz CT molecular complexity index is 2130. The molecule has 2 saturated heterocycles. The molecule has 3 aliphatic rings. The van der Waals surface area contributed by atoms with Crippen LogP contribution >= 0.6 is 0 Å². The van der Waals surface area contributed by atoms with Crippen molar-refractivity contribution in [2.45, 2.75) is 77.5 Å². The first-order valence-corrected chi connectivity index (χ1v) is 19.6. The fourth-order valence-corrected chi connectivity index (χ4v) is 8.09. The van der Waals surface area contributed by atoms with Crippen LogP contribution in [0.25, 0.3) is 33.6 Å². The van der Waals surface area contributed by atoms with Crippen LogP contribution in [0, 0.1) is 17.3 Å². The van der Waals surface area contributed by atoms with E-state index in [-0.39, 0.29) is 41.1 Å². The van der Waals surface area contributed by atoms with Crippen molar-refractivity contribution < 1.29 is 28.7 Å². The second kappa shape index (κ2) is 15.9. The molecule has 4 aromatic rings. The summed E-state index contributed by atoms with van der Waals surface area (Å²) in [5.41, 5.74) is 6.76. The molecule has 0 bridgehead atoms. The van der Waals surface area contributed by atoms with E-state index in [0.717, 1.165) is 64.3 Å². The van der Waals surface area contributed by atoms with E-state index in [1.54, 1.807) is 11.1 Å². The maximum absolute atomic E-state index is 13.8. The number of aromatic amines is 2. The summed E-state index contributed by atoms with van der Waals surface area (Å²) >= 11 is 0. The number of methoxy groups -OCH3 is 2. The minimum atomic E-state index is -0.740. The lowest BCUT2D eigenvalue weighted by Crippen LogP contribution is -2.51. The van der Waals surface area contributed by atoms with Crippen LogP contribution in [0.5, 0.6) is 0 Å². The molecule has 14 nitrogen and oxygen atoms in total. The van der Waals surface area contributed by atoms with Crippen LogP contribution in [0.1, 0.15) is 77.1 Å². The van der Waals surface area contributed by atoms with E-state index in [1.165, 1.54) is 14.2 Å². The van der Waals surface area contributed by atoms with Crippen molar-refractivity contribution in [1.82, 2.24) is 40.4 Å². The molecule has 4 N–H and O–H groups in total. The minimum Gasteiger partial charge on any atom is -0.453 e. The molecule has 0 unspecified atom stereocenters. The zero-order valence-corrected chi connectivity index (χ0v) is 33.4. The average molecular weight is 777 g/mol. The summed E-state index contributed by atoms with van der Waals surface area (Å²) in [5, 5.41) is 5.42. The van der Waals surface area contributed by atoms with Gasteiger partial charge >= 0.3 is 12.2 Å². The molecule has 0 radical (unpaired) electrons. The number of alkyl carbamates (subject to hydrolysis) is 2. The number of benzene rings is 2. The molecule has 2 aromatic carbocycles. The van der Waals surface area contributed by atoms with Gasteiger partial charge in [-0.05, 0) is 65.2 Å². The van der Waals surface area contributed by atoms with Gasteiger partial charge in [-0.1, -0.05) is 88.4 Å². The smallest absolute Gasteiger partial charge is 0.407 e. The summed E-state index contributed by atoms with van der Waals surface area (Å²) in [4.78, 5) is 71.5. The number of amides is 4. The van der Waals surface area contributed by atoms with E-state index in [9.17, 15) is 19.2 Å². The fourth-order valence-electron chi connectivity index (χ4n) is 8.09. The van der Waals surface area contributed by atoms with Crippen LogP contribution in [0.2, 0.25) is 0 Å². The predicted molar refractivity (Wildman–Crippen MR) is 214 cm³/mol. The summed E-state index contributed by atoms with van der Waals surface area (Å²) in [7, 11) is 2.58. The molecule has 4 heterocycles. The van der Waals surface area contributed by atoms with Gasteiger partial charge in [-0.2, -0.15) is 0 Å². The normalized spacial score (nSPS) is 19.5. The number of hydrogen-bond acceptors (Lipinski definition) is 8. The molecule has 2 aliphatic heterocycles. The van der Waals surface area contributed by atoms with E-state index >= 15 is 0 Å². The third-order valence-corrected chi connectivity index (χ3v) is 11.6. The number of likely N-dealkylation sites (tertiary alicyclic amines) is 2. The first kappa shape index (κ1) is 39.3. The second-order valence-electron chi connectivity index (χ2n) is 16.4. The van der Waals surface area contributed by atoms with Gasteiger partial charge in [-0.25, -0.2) is 19.6 Å². The maximum atomic E-state index is 13.8. The largest absolute Gasteiger partial charge is 0.453 e. The molecular formula is C43H52N8O6. The number of hydrogen-bond donors (Lipinski definition) is 4. The summed E-state index contributed by atoms with van der Waals surface area (Å²) in [6, 6.07) is 14.5. The SMILES string of the molecule is C=C1C[C@@H](c2ncc(-c3ccc(-c4ccc(-c5cnc([C@@H]6CC7(CC7)CN6C(=O)[C@@H](NC(=O)OC)C(C)C)[nH]5)cc4)cc3)[nH]2)N(C(=O)[C@@H](NC(=O)OC)C(C)C)C1. The van der Waals surface area contributed by atoms with E-state index in [0.29, 0.717) is 25.3 Å². The number of carbonyl (C=O) groups excluding carboxylic acids is 4. The van der Waals surface area contributed by atoms with E-state index < -0.39 is 24.3 Å². The van der Waals surface area contributed by atoms with E-state index in [1.807, 2.05) is 50.9 Å².